The highest BCUT2D eigenvalue weighted by atomic mass is 32.2. The van der Waals surface area contributed by atoms with Gasteiger partial charge in [-0.2, -0.15) is 0 Å². The van der Waals surface area contributed by atoms with Crippen LogP contribution in [0.3, 0.4) is 0 Å². The van der Waals surface area contributed by atoms with E-state index in [1.807, 2.05) is 6.92 Å². The molecule has 5 heteroatoms. The quantitative estimate of drug-likeness (QED) is 0.804. The summed E-state index contributed by atoms with van der Waals surface area (Å²) in [5, 5.41) is 0. The van der Waals surface area contributed by atoms with E-state index >= 15 is 0 Å². The lowest BCUT2D eigenvalue weighted by molar-refractivity contribution is -0.129. The normalized spacial score (nSPS) is 40.0. The van der Waals surface area contributed by atoms with Gasteiger partial charge in [0.1, 0.15) is 0 Å². The maximum absolute atomic E-state index is 12.6. The Labute approximate surface area is 122 Å². The van der Waals surface area contributed by atoms with E-state index in [0.717, 1.165) is 32.1 Å². The van der Waals surface area contributed by atoms with Crippen LogP contribution >= 0.6 is 0 Å². The van der Waals surface area contributed by atoms with Crippen molar-refractivity contribution in [2.24, 2.45) is 16.7 Å². The second-order valence-electron chi connectivity index (χ2n) is 7.41. The molecule has 1 aliphatic heterocycles. The lowest BCUT2D eigenvalue weighted by Gasteiger charge is -2.37. The summed E-state index contributed by atoms with van der Waals surface area (Å²) in [6.07, 6.45) is 5.03. The van der Waals surface area contributed by atoms with Crippen molar-refractivity contribution in [3.8, 4) is 0 Å². The SMILES string of the molecule is CCCCC(=O)N1[C@@H]2C[C@H]3CC[C@]2(CS1(=O)=O)C3(C)C. The highest BCUT2D eigenvalue weighted by molar-refractivity contribution is 7.90. The van der Waals surface area contributed by atoms with Crippen molar-refractivity contribution in [2.45, 2.75) is 65.3 Å². The van der Waals surface area contributed by atoms with Crippen molar-refractivity contribution in [3.05, 3.63) is 0 Å². The zero-order valence-corrected chi connectivity index (χ0v) is 13.5. The number of hydrogen-bond donors (Lipinski definition) is 0. The van der Waals surface area contributed by atoms with Gasteiger partial charge in [-0.15, -0.1) is 0 Å². The Balaban J connectivity index is 1.96. The fraction of sp³-hybridized carbons (Fsp3) is 0.933. The van der Waals surface area contributed by atoms with Gasteiger partial charge in [-0.3, -0.25) is 4.79 Å². The molecule has 20 heavy (non-hydrogen) atoms. The maximum atomic E-state index is 12.6. The van der Waals surface area contributed by atoms with E-state index in [0.29, 0.717) is 12.3 Å². The largest absolute Gasteiger partial charge is 0.274 e. The molecule has 0 radical (unpaired) electrons. The van der Waals surface area contributed by atoms with Crippen LogP contribution in [0.5, 0.6) is 0 Å². The molecule has 0 aromatic heterocycles. The number of unbranched alkanes of at least 4 members (excludes halogenated alkanes) is 1. The fourth-order valence-corrected chi connectivity index (χ4v) is 7.63. The molecule has 1 amide bonds. The molecule has 0 aromatic rings. The van der Waals surface area contributed by atoms with E-state index in [-0.39, 0.29) is 28.5 Å². The van der Waals surface area contributed by atoms with Crippen molar-refractivity contribution in [1.29, 1.82) is 0 Å². The van der Waals surface area contributed by atoms with Gasteiger partial charge in [-0.05, 0) is 37.0 Å². The Bertz CT molecular complexity index is 539. The summed E-state index contributed by atoms with van der Waals surface area (Å²) in [5.74, 6) is 0.591. The summed E-state index contributed by atoms with van der Waals surface area (Å²) in [7, 11) is -3.41. The molecule has 2 bridgehead atoms. The number of carbonyl (C=O) groups is 1. The zero-order chi connectivity index (χ0) is 14.8. The Hall–Kier alpha value is -0.580. The van der Waals surface area contributed by atoms with Crippen LogP contribution in [0, 0.1) is 16.7 Å². The van der Waals surface area contributed by atoms with Gasteiger partial charge < -0.3 is 0 Å². The predicted molar refractivity (Wildman–Crippen MR) is 77.5 cm³/mol. The lowest BCUT2D eigenvalue weighted by atomic mass is 9.69. The number of amides is 1. The second-order valence-corrected chi connectivity index (χ2v) is 9.26. The van der Waals surface area contributed by atoms with Gasteiger partial charge in [0.05, 0.1) is 11.8 Å². The average Bonchev–Trinajstić information content (AvgIpc) is 2.82. The van der Waals surface area contributed by atoms with E-state index in [1.165, 1.54) is 4.31 Å². The summed E-state index contributed by atoms with van der Waals surface area (Å²) >= 11 is 0. The van der Waals surface area contributed by atoms with Crippen molar-refractivity contribution in [3.63, 3.8) is 0 Å². The number of sulfonamides is 1. The van der Waals surface area contributed by atoms with Crippen LogP contribution < -0.4 is 0 Å². The zero-order valence-electron chi connectivity index (χ0n) is 12.7. The van der Waals surface area contributed by atoms with E-state index in [1.54, 1.807) is 0 Å². The molecule has 3 aliphatic rings. The van der Waals surface area contributed by atoms with Crippen LogP contribution in [-0.2, 0) is 14.8 Å². The Morgan fingerprint density at radius 3 is 2.65 bits per heavy atom. The van der Waals surface area contributed by atoms with Crippen molar-refractivity contribution >= 4 is 15.9 Å². The molecular weight excluding hydrogens is 274 g/mol. The lowest BCUT2D eigenvalue weighted by Crippen LogP contribution is -2.44. The van der Waals surface area contributed by atoms with Crippen LogP contribution in [0.4, 0.5) is 0 Å². The second kappa shape index (κ2) is 4.21. The maximum Gasteiger partial charge on any atom is 0.238 e. The summed E-state index contributed by atoms with van der Waals surface area (Å²) < 4.78 is 26.4. The third-order valence-electron chi connectivity index (χ3n) is 6.40. The van der Waals surface area contributed by atoms with E-state index in [4.69, 9.17) is 0 Å². The van der Waals surface area contributed by atoms with E-state index < -0.39 is 10.0 Å². The van der Waals surface area contributed by atoms with Crippen molar-refractivity contribution < 1.29 is 13.2 Å². The third-order valence-corrected chi connectivity index (χ3v) is 8.34. The van der Waals surface area contributed by atoms with Crippen molar-refractivity contribution in [1.82, 2.24) is 4.31 Å². The molecule has 0 N–H and O–H groups in total. The predicted octanol–water partition coefficient (Wildman–Crippen LogP) is 2.54. The Kier molecular flexibility index (Phi) is 3.03. The topological polar surface area (TPSA) is 54.5 Å². The minimum atomic E-state index is -3.41. The van der Waals surface area contributed by atoms with Crippen LogP contribution in [0.25, 0.3) is 0 Å². The molecule has 1 heterocycles. The number of fused-ring (bicyclic) bond motifs is 1. The van der Waals surface area contributed by atoms with Gasteiger partial charge in [-0.1, -0.05) is 27.2 Å². The van der Waals surface area contributed by atoms with Gasteiger partial charge in [0.2, 0.25) is 15.9 Å². The summed E-state index contributed by atoms with van der Waals surface area (Å²) in [6.45, 7) is 6.44. The number of nitrogens with zero attached hydrogens (tertiary/aromatic N) is 1. The number of hydrogen-bond acceptors (Lipinski definition) is 3. The van der Waals surface area contributed by atoms with Gasteiger partial charge in [-0.25, -0.2) is 12.7 Å². The van der Waals surface area contributed by atoms with Crippen LogP contribution in [0.2, 0.25) is 0 Å². The smallest absolute Gasteiger partial charge is 0.238 e. The standard InChI is InChI=1S/C15H25NO3S/c1-4-5-6-13(17)16-12-9-11-7-8-15(12,14(11,2)3)10-20(16,18)19/h11-12H,4-10H2,1-3H3/t11-,12-,15-/m1/s1. The van der Waals surface area contributed by atoms with Crippen LogP contribution in [-0.4, -0.2) is 30.4 Å². The molecule has 3 fully saturated rings. The molecule has 4 nitrogen and oxygen atoms in total. The monoisotopic (exact) mass is 299 g/mol. The summed E-state index contributed by atoms with van der Waals surface area (Å²) in [6, 6.07) is -0.0643. The molecule has 1 saturated heterocycles. The first kappa shape index (κ1) is 14.4. The van der Waals surface area contributed by atoms with E-state index in [2.05, 4.69) is 13.8 Å². The van der Waals surface area contributed by atoms with Gasteiger partial charge in [0.15, 0.2) is 0 Å². The first-order chi connectivity index (χ1) is 9.26. The number of carbonyl (C=O) groups excluding carboxylic acids is 1. The highest BCUT2D eigenvalue weighted by Crippen LogP contribution is 2.69. The first-order valence-electron chi connectivity index (χ1n) is 7.81. The van der Waals surface area contributed by atoms with Gasteiger partial charge >= 0.3 is 0 Å². The van der Waals surface area contributed by atoms with Gasteiger partial charge in [0, 0.05) is 11.8 Å². The summed E-state index contributed by atoms with van der Waals surface area (Å²) in [4.78, 5) is 12.4. The van der Waals surface area contributed by atoms with Crippen LogP contribution in [0.1, 0.15) is 59.3 Å². The number of rotatable bonds is 3. The molecule has 114 valence electrons. The van der Waals surface area contributed by atoms with Crippen LogP contribution in [0.15, 0.2) is 0 Å². The third kappa shape index (κ3) is 1.59. The first-order valence-corrected chi connectivity index (χ1v) is 9.42. The summed E-state index contributed by atoms with van der Waals surface area (Å²) in [5.41, 5.74) is -0.136. The average molecular weight is 299 g/mol. The molecule has 3 rings (SSSR count). The molecule has 0 unspecified atom stereocenters. The van der Waals surface area contributed by atoms with E-state index in [9.17, 15) is 13.2 Å². The molecule has 2 saturated carbocycles. The molecule has 2 aliphatic carbocycles. The molecule has 3 atom stereocenters. The molecule has 1 spiro atoms. The van der Waals surface area contributed by atoms with Crippen molar-refractivity contribution in [2.75, 3.05) is 5.75 Å². The highest BCUT2D eigenvalue weighted by Gasteiger charge is 2.72. The Morgan fingerprint density at radius 2 is 2.05 bits per heavy atom. The van der Waals surface area contributed by atoms with Gasteiger partial charge in [0.25, 0.3) is 0 Å². The molecule has 0 aromatic carbocycles. The molecular formula is C15H25NO3S. The fourth-order valence-electron chi connectivity index (χ4n) is 5.06. The minimum absolute atomic E-state index is 0.0462. The minimum Gasteiger partial charge on any atom is -0.274 e. The Morgan fingerprint density at radius 1 is 1.35 bits per heavy atom.